The number of aryl methyl sites for hydroxylation is 1. The summed E-state index contributed by atoms with van der Waals surface area (Å²) in [5.74, 6) is 0.516. The van der Waals surface area contributed by atoms with Gasteiger partial charge in [0, 0.05) is 0 Å². The second-order valence-corrected chi connectivity index (χ2v) is 3.81. The zero-order valence-corrected chi connectivity index (χ0v) is 9.71. The largest absolute Gasteiger partial charge is 0.494 e. The summed E-state index contributed by atoms with van der Waals surface area (Å²) in [6.45, 7) is 3.97. The van der Waals surface area contributed by atoms with Gasteiger partial charge in [-0.1, -0.05) is 13.0 Å². The highest BCUT2D eigenvalue weighted by atomic mass is 19.4. The average Bonchev–Trinajstić information content (AvgIpc) is 2.24. The molecule has 1 atom stereocenters. The predicted molar refractivity (Wildman–Crippen MR) is 58.0 cm³/mol. The first-order valence-corrected chi connectivity index (χ1v) is 5.34. The second-order valence-electron chi connectivity index (χ2n) is 3.81. The van der Waals surface area contributed by atoms with Gasteiger partial charge in [0.25, 0.3) is 0 Å². The molecule has 1 N–H and O–H groups in total. The fraction of sp³-hybridized carbons (Fsp3) is 0.500. The van der Waals surface area contributed by atoms with Crippen molar-refractivity contribution in [2.45, 2.75) is 32.5 Å². The van der Waals surface area contributed by atoms with Gasteiger partial charge in [-0.3, -0.25) is 0 Å². The molecule has 0 saturated heterocycles. The summed E-state index contributed by atoms with van der Waals surface area (Å²) in [5.41, 5.74) is 0.227. The monoisotopic (exact) mass is 248 g/mol. The van der Waals surface area contributed by atoms with Gasteiger partial charge in [0.15, 0.2) is 6.10 Å². The van der Waals surface area contributed by atoms with Crippen molar-refractivity contribution in [3.8, 4) is 5.75 Å². The Kier molecular flexibility index (Phi) is 4.40. The number of aliphatic hydroxyl groups is 1. The van der Waals surface area contributed by atoms with E-state index in [4.69, 9.17) is 9.84 Å². The Morgan fingerprint density at radius 1 is 1.35 bits per heavy atom. The van der Waals surface area contributed by atoms with Gasteiger partial charge >= 0.3 is 6.18 Å². The van der Waals surface area contributed by atoms with E-state index in [1.165, 1.54) is 25.1 Å². The first-order valence-electron chi connectivity index (χ1n) is 5.34. The zero-order valence-electron chi connectivity index (χ0n) is 9.71. The zero-order chi connectivity index (χ0) is 13.1. The van der Waals surface area contributed by atoms with Gasteiger partial charge < -0.3 is 9.84 Å². The number of halogens is 3. The van der Waals surface area contributed by atoms with E-state index < -0.39 is 12.3 Å². The van der Waals surface area contributed by atoms with E-state index in [0.29, 0.717) is 17.9 Å². The first kappa shape index (κ1) is 13.8. The minimum Gasteiger partial charge on any atom is -0.494 e. The molecule has 0 fully saturated rings. The van der Waals surface area contributed by atoms with Crippen LogP contribution < -0.4 is 4.74 Å². The first-order chi connectivity index (χ1) is 7.86. The molecule has 0 aromatic heterocycles. The molecule has 17 heavy (non-hydrogen) atoms. The van der Waals surface area contributed by atoms with Crippen molar-refractivity contribution in [3.63, 3.8) is 0 Å². The van der Waals surface area contributed by atoms with E-state index in [2.05, 4.69) is 0 Å². The maximum absolute atomic E-state index is 12.3. The Hall–Kier alpha value is -1.23. The van der Waals surface area contributed by atoms with E-state index in [9.17, 15) is 13.2 Å². The maximum Gasteiger partial charge on any atom is 0.418 e. The molecule has 0 aliphatic heterocycles. The van der Waals surface area contributed by atoms with Gasteiger partial charge in [-0.25, -0.2) is 0 Å². The van der Waals surface area contributed by atoms with Crippen LogP contribution in [0.2, 0.25) is 0 Å². The Labute approximate surface area is 98.0 Å². The summed E-state index contributed by atoms with van der Waals surface area (Å²) < 4.78 is 42.3. The van der Waals surface area contributed by atoms with Gasteiger partial charge in [-0.15, -0.1) is 0 Å². The van der Waals surface area contributed by atoms with Crippen LogP contribution in [-0.2, 0) is 0 Å². The van der Waals surface area contributed by atoms with Crippen LogP contribution in [0.25, 0.3) is 0 Å². The highest BCUT2D eigenvalue weighted by Crippen LogP contribution is 2.34. The number of aliphatic hydroxyl groups excluding tert-OH is 1. The number of ether oxygens (including phenoxy) is 1. The van der Waals surface area contributed by atoms with Crippen LogP contribution in [-0.4, -0.2) is 17.9 Å². The summed E-state index contributed by atoms with van der Waals surface area (Å²) in [6, 6.07) is 4.19. The molecule has 1 aromatic rings. The smallest absolute Gasteiger partial charge is 0.418 e. The molecule has 0 saturated carbocycles. The number of benzene rings is 1. The molecule has 0 aliphatic carbocycles. The van der Waals surface area contributed by atoms with Gasteiger partial charge in [-0.05, 0) is 36.6 Å². The van der Waals surface area contributed by atoms with Gasteiger partial charge in [0.1, 0.15) is 5.75 Å². The highest BCUT2D eigenvalue weighted by Gasteiger charge is 2.40. The lowest BCUT2D eigenvalue weighted by molar-refractivity contribution is -0.206. The maximum atomic E-state index is 12.3. The van der Waals surface area contributed by atoms with Crippen molar-refractivity contribution < 1.29 is 23.0 Å². The lowest BCUT2D eigenvalue weighted by Gasteiger charge is -2.17. The van der Waals surface area contributed by atoms with Crippen molar-refractivity contribution >= 4 is 0 Å². The summed E-state index contributed by atoms with van der Waals surface area (Å²) >= 11 is 0. The molecule has 1 aromatic carbocycles. The lowest BCUT2D eigenvalue weighted by atomic mass is 10.0. The Morgan fingerprint density at radius 2 is 2.00 bits per heavy atom. The molecule has 5 heteroatoms. The summed E-state index contributed by atoms with van der Waals surface area (Å²) in [7, 11) is 0. The number of rotatable bonds is 4. The molecular weight excluding hydrogens is 233 g/mol. The minimum absolute atomic E-state index is 0.138. The molecule has 0 aliphatic rings. The Bertz CT molecular complexity index is 375. The number of alkyl halides is 3. The highest BCUT2D eigenvalue weighted by molar-refractivity contribution is 5.36. The molecule has 0 amide bonds. The number of hydrogen-bond acceptors (Lipinski definition) is 2. The van der Waals surface area contributed by atoms with Gasteiger partial charge in [-0.2, -0.15) is 13.2 Å². The van der Waals surface area contributed by atoms with Crippen molar-refractivity contribution in [3.05, 3.63) is 29.3 Å². The molecule has 0 heterocycles. The predicted octanol–water partition coefficient (Wildman–Crippen LogP) is 3.38. The minimum atomic E-state index is -4.64. The SMILES string of the molecule is CCCOc1ccc(C(O)C(F)(F)F)c(C)c1. The summed E-state index contributed by atoms with van der Waals surface area (Å²) in [6.07, 6.45) is -6.26. The fourth-order valence-electron chi connectivity index (χ4n) is 1.44. The standard InChI is InChI=1S/C12H15F3O2/c1-3-6-17-9-4-5-10(8(2)7-9)11(16)12(13,14)15/h4-5,7,11,16H,3,6H2,1-2H3. The van der Waals surface area contributed by atoms with Crippen LogP contribution in [0, 0.1) is 6.92 Å². The van der Waals surface area contributed by atoms with Crippen LogP contribution in [0.3, 0.4) is 0 Å². The third-order valence-electron chi connectivity index (χ3n) is 2.32. The van der Waals surface area contributed by atoms with E-state index in [1.54, 1.807) is 0 Å². The number of hydrogen-bond donors (Lipinski definition) is 1. The van der Waals surface area contributed by atoms with Crippen LogP contribution in [0.4, 0.5) is 13.2 Å². The van der Waals surface area contributed by atoms with Crippen LogP contribution in [0.15, 0.2) is 18.2 Å². The van der Waals surface area contributed by atoms with Crippen molar-refractivity contribution in [2.24, 2.45) is 0 Å². The normalized spacial score (nSPS) is 13.5. The fourth-order valence-corrected chi connectivity index (χ4v) is 1.44. The van der Waals surface area contributed by atoms with Crippen LogP contribution >= 0.6 is 0 Å². The topological polar surface area (TPSA) is 29.5 Å². The van der Waals surface area contributed by atoms with Crippen molar-refractivity contribution in [2.75, 3.05) is 6.61 Å². The Morgan fingerprint density at radius 3 is 2.47 bits per heavy atom. The molecule has 96 valence electrons. The van der Waals surface area contributed by atoms with Crippen LogP contribution in [0.1, 0.15) is 30.6 Å². The van der Waals surface area contributed by atoms with E-state index >= 15 is 0 Å². The molecular formula is C12H15F3O2. The van der Waals surface area contributed by atoms with Gasteiger partial charge in [0.05, 0.1) is 6.61 Å². The van der Waals surface area contributed by atoms with E-state index in [1.807, 2.05) is 6.92 Å². The van der Waals surface area contributed by atoms with Gasteiger partial charge in [0.2, 0.25) is 0 Å². The molecule has 0 spiro atoms. The third-order valence-corrected chi connectivity index (χ3v) is 2.32. The molecule has 2 nitrogen and oxygen atoms in total. The Balaban J connectivity index is 2.90. The molecule has 0 bridgehead atoms. The van der Waals surface area contributed by atoms with Crippen LogP contribution in [0.5, 0.6) is 5.75 Å². The third kappa shape index (κ3) is 3.63. The summed E-state index contributed by atoms with van der Waals surface area (Å²) in [5, 5.41) is 9.14. The van der Waals surface area contributed by atoms with Crippen molar-refractivity contribution in [1.82, 2.24) is 0 Å². The van der Waals surface area contributed by atoms with E-state index in [-0.39, 0.29) is 5.56 Å². The van der Waals surface area contributed by atoms with E-state index in [0.717, 1.165) is 6.42 Å². The lowest BCUT2D eigenvalue weighted by Crippen LogP contribution is -2.21. The molecule has 1 unspecified atom stereocenters. The quantitative estimate of drug-likeness (QED) is 0.885. The molecule has 0 radical (unpaired) electrons. The summed E-state index contributed by atoms with van der Waals surface area (Å²) in [4.78, 5) is 0. The average molecular weight is 248 g/mol. The molecule has 1 rings (SSSR count). The van der Waals surface area contributed by atoms with Crippen molar-refractivity contribution in [1.29, 1.82) is 0 Å². The second kappa shape index (κ2) is 5.40.